The summed E-state index contributed by atoms with van der Waals surface area (Å²) in [6, 6.07) is 14.0. The zero-order valence-corrected chi connectivity index (χ0v) is 12.9. The Hall–Kier alpha value is -2.40. The first kappa shape index (κ1) is 16.0. The average molecular weight is 321 g/mol. The van der Waals surface area contributed by atoms with Gasteiger partial charge in [0.25, 0.3) is 0 Å². The molecule has 0 aliphatic heterocycles. The van der Waals surface area contributed by atoms with Crippen molar-refractivity contribution in [2.75, 3.05) is 25.6 Å². The van der Waals surface area contributed by atoms with Crippen molar-refractivity contribution in [2.24, 2.45) is 0 Å². The van der Waals surface area contributed by atoms with Crippen molar-refractivity contribution < 1.29 is 14.3 Å². The van der Waals surface area contributed by atoms with Gasteiger partial charge >= 0.3 is 6.03 Å². The van der Waals surface area contributed by atoms with E-state index < -0.39 is 0 Å². The number of amides is 2. The molecule has 0 bridgehead atoms. The van der Waals surface area contributed by atoms with E-state index in [0.717, 1.165) is 0 Å². The zero-order chi connectivity index (χ0) is 15.8. The molecule has 0 fully saturated rings. The molecule has 5 nitrogen and oxygen atoms in total. The first-order valence-electron chi connectivity index (χ1n) is 6.76. The quantitative estimate of drug-likeness (QED) is 0.800. The molecule has 2 rings (SSSR count). The second-order valence-corrected chi connectivity index (χ2v) is 4.77. The van der Waals surface area contributed by atoms with Gasteiger partial charge in [-0.25, -0.2) is 4.79 Å². The highest BCUT2D eigenvalue weighted by Crippen LogP contribution is 2.23. The van der Waals surface area contributed by atoms with Gasteiger partial charge in [-0.15, -0.1) is 0 Å². The second-order valence-electron chi connectivity index (χ2n) is 4.36. The molecule has 6 heteroatoms. The first-order valence-corrected chi connectivity index (χ1v) is 7.13. The summed E-state index contributed by atoms with van der Waals surface area (Å²) >= 11 is 5.97. The molecule has 0 saturated heterocycles. The second kappa shape index (κ2) is 8.14. The number of rotatable bonds is 6. The Bertz CT molecular complexity index is 634. The highest BCUT2D eigenvalue weighted by molar-refractivity contribution is 6.32. The van der Waals surface area contributed by atoms with Crippen molar-refractivity contribution in [3.05, 3.63) is 53.6 Å². The van der Waals surface area contributed by atoms with Crippen LogP contribution in [0, 0.1) is 0 Å². The molecule has 0 aliphatic rings. The van der Waals surface area contributed by atoms with Gasteiger partial charge in [0.15, 0.2) is 0 Å². The van der Waals surface area contributed by atoms with E-state index in [4.69, 9.17) is 21.1 Å². The molecule has 0 aromatic heterocycles. The number of hydrogen-bond acceptors (Lipinski definition) is 3. The van der Waals surface area contributed by atoms with Gasteiger partial charge in [-0.1, -0.05) is 35.9 Å². The van der Waals surface area contributed by atoms with Crippen molar-refractivity contribution in [1.82, 2.24) is 5.32 Å². The number of benzene rings is 2. The predicted molar refractivity (Wildman–Crippen MR) is 87.0 cm³/mol. The molecule has 2 aromatic rings. The Morgan fingerprint density at radius 1 is 1.09 bits per heavy atom. The van der Waals surface area contributed by atoms with Crippen LogP contribution >= 0.6 is 11.6 Å². The maximum atomic E-state index is 11.8. The van der Waals surface area contributed by atoms with E-state index in [9.17, 15) is 4.79 Å². The molecular formula is C16H17ClN2O3. The SMILES string of the molecule is COc1ccccc1NC(=O)NCCOc1ccccc1Cl. The van der Waals surface area contributed by atoms with Crippen molar-refractivity contribution in [2.45, 2.75) is 0 Å². The highest BCUT2D eigenvalue weighted by Gasteiger charge is 2.06. The maximum Gasteiger partial charge on any atom is 0.319 e. The van der Waals surface area contributed by atoms with E-state index in [1.165, 1.54) is 0 Å². The Morgan fingerprint density at radius 2 is 1.77 bits per heavy atom. The zero-order valence-electron chi connectivity index (χ0n) is 12.1. The summed E-state index contributed by atoms with van der Waals surface area (Å²) in [5.74, 6) is 1.20. The van der Waals surface area contributed by atoms with Crippen molar-refractivity contribution >= 4 is 23.3 Å². The third-order valence-corrected chi connectivity index (χ3v) is 3.15. The van der Waals surface area contributed by atoms with E-state index in [2.05, 4.69) is 10.6 Å². The van der Waals surface area contributed by atoms with Gasteiger partial charge in [0.1, 0.15) is 18.1 Å². The van der Waals surface area contributed by atoms with Crippen LogP contribution in [-0.2, 0) is 0 Å². The lowest BCUT2D eigenvalue weighted by Crippen LogP contribution is -2.32. The Balaban J connectivity index is 1.75. The van der Waals surface area contributed by atoms with Crippen LogP contribution in [0.1, 0.15) is 0 Å². The fourth-order valence-electron chi connectivity index (χ4n) is 1.80. The van der Waals surface area contributed by atoms with Crippen LogP contribution in [0.15, 0.2) is 48.5 Å². The van der Waals surface area contributed by atoms with Gasteiger partial charge in [-0.3, -0.25) is 0 Å². The highest BCUT2D eigenvalue weighted by atomic mass is 35.5. The molecule has 0 heterocycles. The van der Waals surface area contributed by atoms with Gasteiger partial charge in [0.2, 0.25) is 0 Å². The number of hydrogen-bond donors (Lipinski definition) is 2. The predicted octanol–water partition coefficient (Wildman–Crippen LogP) is 3.55. The van der Waals surface area contributed by atoms with Crippen molar-refractivity contribution in [3.63, 3.8) is 0 Å². The molecule has 2 aromatic carbocycles. The number of nitrogens with one attached hydrogen (secondary N) is 2. The number of urea groups is 1. The Kier molecular flexibility index (Phi) is 5.91. The minimum absolute atomic E-state index is 0.322. The summed E-state index contributed by atoms with van der Waals surface area (Å²) in [6.45, 7) is 0.676. The van der Waals surface area contributed by atoms with Gasteiger partial charge in [0.05, 0.1) is 24.4 Å². The number of methoxy groups -OCH3 is 1. The molecule has 0 atom stereocenters. The third-order valence-electron chi connectivity index (χ3n) is 2.84. The number of carbonyl (C=O) groups excluding carboxylic acids is 1. The normalized spacial score (nSPS) is 9.91. The number of anilines is 1. The van der Waals surface area contributed by atoms with E-state index in [1.807, 2.05) is 24.3 Å². The molecule has 2 N–H and O–H groups in total. The minimum Gasteiger partial charge on any atom is -0.495 e. The topological polar surface area (TPSA) is 59.6 Å². The standard InChI is InChI=1S/C16H17ClN2O3/c1-21-15-9-5-3-7-13(15)19-16(20)18-10-11-22-14-8-4-2-6-12(14)17/h2-9H,10-11H2,1H3,(H2,18,19,20). The minimum atomic E-state index is -0.327. The van der Waals surface area contributed by atoms with Gasteiger partial charge in [-0.05, 0) is 24.3 Å². The van der Waals surface area contributed by atoms with Gasteiger partial charge < -0.3 is 20.1 Å². The molecule has 2 amide bonds. The van der Waals surface area contributed by atoms with Crippen LogP contribution in [0.5, 0.6) is 11.5 Å². The van der Waals surface area contributed by atoms with Crippen LogP contribution in [0.2, 0.25) is 5.02 Å². The van der Waals surface area contributed by atoms with Gasteiger partial charge in [0, 0.05) is 0 Å². The number of ether oxygens (including phenoxy) is 2. The van der Waals surface area contributed by atoms with Crippen LogP contribution in [0.4, 0.5) is 10.5 Å². The monoisotopic (exact) mass is 320 g/mol. The largest absolute Gasteiger partial charge is 0.495 e. The number of para-hydroxylation sites is 3. The lowest BCUT2D eigenvalue weighted by molar-refractivity contribution is 0.247. The molecular weight excluding hydrogens is 304 g/mol. The van der Waals surface area contributed by atoms with E-state index in [1.54, 1.807) is 31.4 Å². The molecule has 116 valence electrons. The molecule has 0 spiro atoms. The maximum absolute atomic E-state index is 11.8. The molecule has 0 saturated carbocycles. The van der Waals surface area contributed by atoms with E-state index in [0.29, 0.717) is 35.4 Å². The fraction of sp³-hybridized carbons (Fsp3) is 0.188. The average Bonchev–Trinajstić information content (AvgIpc) is 2.53. The number of carbonyl (C=O) groups is 1. The van der Waals surface area contributed by atoms with Crippen molar-refractivity contribution in [1.29, 1.82) is 0 Å². The Morgan fingerprint density at radius 3 is 2.50 bits per heavy atom. The van der Waals surface area contributed by atoms with Gasteiger partial charge in [-0.2, -0.15) is 0 Å². The lowest BCUT2D eigenvalue weighted by Gasteiger charge is -2.11. The summed E-state index contributed by atoms with van der Waals surface area (Å²) < 4.78 is 10.6. The third kappa shape index (κ3) is 4.56. The Labute approximate surface area is 134 Å². The fourth-order valence-corrected chi connectivity index (χ4v) is 1.99. The molecule has 22 heavy (non-hydrogen) atoms. The summed E-state index contributed by atoms with van der Waals surface area (Å²) in [5, 5.41) is 5.96. The smallest absolute Gasteiger partial charge is 0.319 e. The first-order chi connectivity index (χ1) is 10.7. The van der Waals surface area contributed by atoms with Crippen LogP contribution in [0.25, 0.3) is 0 Å². The summed E-state index contributed by atoms with van der Waals surface area (Å²) in [5.41, 5.74) is 0.606. The van der Waals surface area contributed by atoms with Crippen LogP contribution in [-0.4, -0.2) is 26.3 Å². The summed E-state index contributed by atoms with van der Waals surface area (Å²) in [6.07, 6.45) is 0. The summed E-state index contributed by atoms with van der Waals surface area (Å²) in [7, 11) is 1.55. The van der Waals surface area contributed by atoms with Crippen molar-refractivity contribution in [3.8, 4) is 11.5 Å². The molecule has 0 aliphatic carbocycles. The van der Waals surface area contributed by atoms with E-state index >= 15 is 0 Å². The lowest BCUT2D eigenvalue weighted by atomic mass is 10.3. The number of halogens is 1. The summed E-state index contributed by atoms with van der Waals surface area (Å²) in [4.78, 5) is 11.8. The molecule has 0 unspecified atom stereocenters. The molecule has 0 radical (unpaired) electrons. The van der Waals surface area contributed by atoms with Crippen LogP contribution in [0.3, 0.4) is 0 Å². The van der Waals surface area contributed by atoms with Crippen LogP contribution < -0.4 is 20.1 Å². The van der Waals surface area contributed by atoms with E-state index in [-0.39, 0.29) is 6.03 Å².